The van der Waals surface area contributed by atoms with Crippen LogP contribution < -0.4 is 9.83 Å². The SMILES string of the molecule is CCCCCCCCCc1cccc(OP(O)c2ccccc2)c1CCCCCCCCC. The van der Waals surface area contributed by atoms with Gasteiger partial charge in [0.05, 0.1) is 0 Å². The zero-order valence-corrected chi connectivity index (χ0v) is 22.1. The summed E-state index contributed by atoms with van der Waals surface area (Å²) in [6.45, 7) is 4.55. The van der Waals surface area contributed by atoms with Crippen molar-refractivity contribution >= 4 is 13.7 Å². The Labute approximate surface area is 205 Å². The first-order valence-electron chi connectivity index (χ1n) is 13.6. The number of unbranched alkanes of at least 4 members (excludes halogenated alkanes) is 12. The Morgan fingerprint density at radius 2 is 1.15 bits per heavy atom. The fourth-order valence-corrected chi connectivity index (χ4v) is 5.34. The predicted molar refractivity (Wildman–Crippen MR) is 146 cm³/mol. The van der Waals surface area contributed by atoms with Crippen molar-refractivity contribution in [3.63, 3.8) is 0 Å². The van der Waals surface area contributed by atoms with E-state index in [-0.39, 0.29) is 0 Å². The summed E-state index contributed by atoms with van der Waals surface area (Å²) in [7, 11) is -1.63. The molecule has 1 N–H and O–H groups in total. The monoisotopic (exact) mass is 470 g/mol. The molecule has 0 fully saturated rings. The summed E-state index contributed by atoms with van der Waals surface area (Å²) in [5.41, 5.74) is 2.75. The largest absolute Gasteiger partial charge is 0.444 e. The quantitative estimate of drug-likeness (QED) is 0.164. The fourth-order valence-electron chi connectivity index (χ4n) is 4.45. The van der Waals surface area contributed by atoms with Crippen LogP contribution in [-0.2, 0) is 12.8 Å². The first-order valence-corrected chi connectivity index (χ1v) is 14.8. The standard InChI is InChI=1S/C30H47O2P/c1-3-5-7-9-11-13-16-21-27-22-20-26-30(32-33(31)28-23-17-15-18-24-28)29(27)25-19-14-12-10-8-6-4-2/h15,17-18,20,22-24,26,31H,3-14,16,19,21,25H2,1-2H3. The molecular formula is C30H47O2P. The molecular weight excluding hydrogens is 423 g/mol. The average Bonchev–Trinajstić information content (AvgIpc) is 2.84. The molecule has 0 saturated heterocycles. The zero-order chi connectivity index (χ0) is 23.6. The van der Waals surface area contributed by atoms with E-state index in [9.17, 15) is 4.89 Å². The van der Waals surface area contributed by atoms with E-state index in [1.807, 2.05) is 30.3 Å². The minimum Gasteiger partial charge on any atom is -0.444 e. The van der Waals surface area contributed by atoms with E-state index in [1.165, 1.54) is 101 Å². The summed E-state index contributed by atoms with van der Waals surface area (Å²) in [4.78, 5) is 10.7. The van der Waals surface area contributed by atoms with Gasteiger partial charge in [-0.3, -0.25) is 0 Å². The van der Waals surface area contributed by atoms with Gasteiger partial charge in [0.25, 0.3) is 8.38 Å². The molecule has 1 atom stereocenters. The maximum absolute atomic E-state index is 10.7. The summed E-state index contributed by atoms with van der Waals surface area (Å²) in [6.07, 6.45) is 20.7. The van der Waals surface area contributed by atoms with E-state index in [0.29, 0.717) is 0 Å². The Morgan fingerprint density at radius 3 is 1.76 bits per heavy atom. The Balaban J connectivity index is 1.96. The Bertz CT molecular complexity index is 731. The highest BCUT2D eigenvalue weighted by Gasteiger charge is 2.15. The Kier molecular flexibility index (Phi) is 15.2. The highest BCUT2D eigenvalue weighted by atomic mass is 31.2. The van der Waals surface area contributed by atoms with E-state index in [0.717, 1.165) is 23.9 Å². The van der Waals surface area contributed by atoms with Gasteiger partial charge < -0.3 is 9.42 Å². The van der Waals surface area contributed by atoms with E-state index in [4.69, 9.17) is 4.52 Å². The molecule has 0 saturated carbocycles. The number of benzene rings is 2. The van der Waals surface area contributed by atoms with Crippen LogP contribution in [0.1, 0.15) is 115 Å². The average molecular weight is 471 g/mol. The summed E-state index contributed by atoms with van der Waals surface area (Å²) in [5.74, 6) is 0.888. The van der Waals surface area contributed by atoms with Crippen molar-refractivity contribution in [3.8, 4) is 5.75 Å². The van der Waals surface area contributed by atoms with Crippen LogP contribution in [0.4, 0.5) is 0 Å². The van der Waals surface area contributed by atoms with Crippen LogP contribution in [0.15, 0.2) is 48.5 Å². The lowest BCUT2D eigenvalue weighted by Gasteiger charge is -2.18. The molecule has 0 aliphatic carbocycles. The molecule has 0 spiro atoms. The minimum absolute atomic E-state index is 0.867. The second kappa shape index (κ2) is 18.0. The summed E-state index contributed by atoms with van der Waals surface area (Å²) in [6, 6.07) is 16.2. The predicted octanol–water partition coefficient (Wildman–Crippen LogP) is 9.28. The highest BCUT2D eigenvalue weighted by molar-refractivity contribution is 7.55. The van der Waals surface area contributed by atoms with Crippen molar-refractivity contribution in [3.05, 3.63) is 59.7 Å². The smallest absolute Gasteiger partial charge is 0.262 e. The molecule has 1 unspecified atom stereocenters. The Morgan fingerprint density at radius 1 is 0.606 bits per heavy atom. The third kappa shape index (κ3) is 11.5. The van der Waals surface area contributed by atoms with Gasteiger partial charge in [-0.2, -0.15) is 0 Å². The third-order valence-electron chi connectivity index (χ3n) is 6.47. The van der Waals surface area contributed by atoms with Crippen molar-refractivity contribution in [2.45, 2.75) is 117 Å². The Hall–Kier alpha value is -1.37. The highest BCUT2D eigenvalue weighted by Crippen LogP contribution is 2.37. The van der Waals surface area contributed by atoms with Crippen LogP contribution in [0.2, 0.25) is 0 Å². The number of aryl methyl sites for hydroxylation is 1. The second-order valence-corrected chi connectivity index (χ2v) is 10.6. The zero-order valence-electron chi connectivity index (χ0n) is 21.2. The van der Waals surface area contributed by atoms with Crippen LogP contribution in [0.5, 0.6) is 5.75 Å². The van der Waals surface area contributed by atoms with E-state index in [1.54, 1.807) is 0 Å². The number of hydrogen-bond donors (Lipinski definition) is 1. The maximum Gasteiger partial charge on any atom is 0.262 e. The minimum atomic E-state index is -1.63. The molecule has 0 aliphatic rings. The third-order valence-corrected chi connectivity index (χ3v) is 7.58. The van der Waals surface area contributed by atoms with Gasteiger partial charge in [0.15, 0.2) is 0 Å². The van der Waals surface area contributed by atoms with Crippen molar-refractivity contribution in [2.75, 3.05) is 0 Å². The maximum atomic E-state index is 10.7. The van der Waals surface area contributed by atoms with Crippen molar-refractivity contribution in [1.29, 1.82) is 0 Å². The van der Waals surface area contributed by atoms with Gasteiger partial charge >= 0.3 is 0 Å². The molecule has 2 aromatic rings. The van der Waals surface area contributed by atoms with Gasteiger partial charge in [-0.15, -0.1) is 0 Å². The summed E-state index contributed by atoms with van der Waals surface area (Å²) in [5, 5.41) is 0.867. The molecule has 0 aliphatic heterocycles. The van der Waals surface area contributed by atoms with Gasteiger partial charge in [-0.1, -0.05) is 121 Å². The molecule has 2 nitrogen and oxygen atoms in total. The van der Waals surface area contributed by atoms with Crippen molar-refractivity contribution in [1.82, 2.24) is 0 Å². The molecule has 184 valence electrons. The number of rotatable bonds is 19. The van der Waals surface area contributed by atoms with Gasteiger partial charge in [-0.05, 0) is 55.0 Å². The molecule has 0 heterocycles. The molecule has 0 radical (unpaired) electrons. The van der Waals surface area contributed by atoms with Gasteiger partial charge in [0, 0.05) is 5.30 Å². The molecule has 33 heavy (non-hydrogen) atoms. The van der Waals surface area contributed by atoms with E-state index < -0.39 is 8.38 Å². The van der Waals surface area contributed by atoms with Crippen LogP contribution in [0, 0.1) is 0 Å². The summed E-state index contributed by atoms with van der Waals surface area (Å²) < 4.78 is 6.17. The fraction of sp³-hybridized carbons (Fsp3) is 0.600. The van der Waals surface area contributed by atoms with Crippen molar-refractivity contribution < 1.29 is 9.42 Å². The molecule has 0 aromatic heterocycles. The summed E-state index contributed by atoms with van der Waals surface area (Å²) >= 11 is 0. The first-order chi connectivity index (χ1) is 16.3. The molecule has 0 amide bonds. The normalized spacial score (nSPS) is 12.1. The first kappa shape index (κ1) is 27.9. The molecule has 3 heteroatoms. The molecule has 0 bridgehead atoms. The van der Waals surface area contributed by atoms with E-state index in [2.05, 4.69) is 32.0 Å². The lowest BCUT2D eigenvalue weighted by Crippen LogP contribution is -2.06. The van der Waals surface area contributed by atoms with Crippen LogP contribution >= 0.6 is 8.38 Å². The van der Waals surface area contributed by atoms with Crippen LogP contribution in [0.3, 0.4) is 0 Å². The van der Waals surface area contributed by atoms with Crippen LogP contribution in [-0.4, -0.2) is 4.89 Å². The number of hydrogen-bond acceptors (Lipinski definition) is 2. The van der Waals surface area contributed by atoms with Gasteiger partial charge in [0.2, 0.25) is 0 Å². The lowest BCUT2D eigenvalue weighted by molar-refractivity contribution is 0.492. The van der Waals surface area contributed by atoms with Gasteiger partial charge in [-0.25, -0.2) is 0 Å². The topological polar surface area (TPSA) is 29.5 Å². The van der Waals surface area contributed by atoms with E-state index >= 15 is 0 Å². The molecule has 2 aromatic carbocycles. The molecule has 2 rings (SSSR count). The lowest BCUT2D eigenvalue weighted by atomic mass is 9.95. The van der Waals surface area contributed by atoms with Crippen LogP contribution in [0.25, 0.3) is 0 Å². The second-order valence-electron chi connectivity index (χ2n) is 9.34. The van der Waals surface area contributed by atoms with Gasteiger partial charge in [0.1, 0.15) is 5.75 Å². The van der Waals surface area contributed by atoms with Crippen molar-refractivity contribution in [2.24, 2.45) is 0 Å².